The molecule has 9 aromatic carbocycles. The number of hydrogen-bond donors (Lipinski definition) is 0. The highest BCUT2D eigenvalue weighted by Crippen LogP contribution is 2.52. The first kappa shape index (κ1) is 34.8. The average molecular weight is 769 g/mol. The van der Waals surface area contributed by atoms with E-state index in [1.165, 1.54) is 93.9 Å². The lowest BCUT2D eigenvalue weighted by Crippen LogP contribution is -2.23. The topological polar surface area (TPSA) is 8.17 Å². The Morgan fingerprint density at radius 1 is 0.367 bits per heavy atom. The summed E-state index contributed by atoms with van der Waals surface area (Å²) in [6.45, 7) is 9.49. The van der Waals surface area contributed by atoms with Crippen molar-refractivity contribution in [2.75, 3.05) is 4.90 Å². The monoisotopic (exact) mass is 768 g/mol. The highest BCUT2D eigenvalue weighted by atomic mass is 15.1. The van der Waals surface area contributed by atoms with Crippen LogP contribution in [0.2, 0.25) is 0 Å². The van der Waals surface area contributed by atoms with E-state index in [1.54, 1.807) is 0 Å². The molecule has 0 fully saturated rings. The summed E-state index contributed by atoms with van der Waals surface area (Å²) in [5.74, 6) is 0. The first-order chi connectivity index (χ1) is 29.3. The fourth-order valence-electron chi connectivity index (χ4n) is 10.7. The van der Waals surface area contributed by atoms with Crippen LogP contribution in [0.3, 0.4) is 0 Å². The third-order valence-electron chi connectivity index (χ3n) is 13.8. The van der Waals surface area contributed by atoms with Crippen LogP contribution >= 0.6 is 0 Å². The summed E-state index contributed by atoms with van der Waals surface area (Å²) in [6, 6.07) is 72.2. The Balaban J connectivity index is 1.00. The second-order valence-electron chi connectivity index (χ2n) is 17.8. The maximum absolute atomic E-state index is 2.49. The second-order valence-corrected chi connectivity index (χ2v) is 17.8. The number of hydrogen-bond acceptors (Lipinski definition) is 1. The first-order valence-electron chi connectivity index (χ1n) is 21.2. The van der Waals surface area contributed by atoms with E-state index in [-0.39, 0.29) is 10.8 Å². The minimum absolute atomic E-state index is 0.0796. The molecule has 2 heteroatoms. The van der Waals surface area contributed by atoms with Gasteiger partial charge in [0.15, 0.2) is 0 Å². The third-order valence-corrected chi connectivity index (χ3v) is 13.8. The molecular formula is C58H44N2. The number of para-hydroxylation sites is 2. The van der Waals surface area contributed by atoms with Crippen molar-refractivity contribution in [2.45, 2.75) is 38.5 Å². The fourth-order valence-corrected chi connectivity index (χ4v) is 10.7. The zero-order valence-corrected chi connectivity index (χ0v) is 34.4. The van der Waals surface area contributed by atoms with Gasteiger partial charge in [-0.2, -0.15) is 0 Å². The largest absolute Gasteiger partial charge is 0.310 e. The van der Waals surface area contributed by atoms with Crippen molar-refractivity contribution in [3.63, 3.8) is 0 Å². The van der Waals surface area contributed by atoms with Gasteiger partial charge in [-0.15, -0.1) is 0 Å². The van der Waals surface area contributed by atoms with E-state index in [2.05, 4.69) is 231 Å². The van der Waals surface area contributed by atoms with E-state index in [1.807, 2.05) is 0 Å². The molecule has 286 valence electrons. The predicted molar refractivity (Wildman–Crippen MR) is 254 cm³/mol. The van der Waals surface area contributed by atoms with Crippen molar-refractivity contribution in [3.8, 4) is 39.1 Å². The Morgan fingerprint density at radius 3 is 1.75 bits per heavy atom. The van der Waals surface area contributed by atoms with E-state index in [0.29, 0.717) is 0 Å². The summed E-state index contributed by atoms with van der Waals surface area (Å²) < 4.78 is 2.46. The van der Waals surface area contributed by atoms with Gasteiger partial charge in [-0.1, -0.05) is 149 Å². The van der Waals surface area contributed by atoms with Crippen LogP contribution in [0.4, 0.5) is 17.1 Å². The molecule has 0 radical (unpaired) electrons. The molecule has 2 aliphatic rings. The molecule has 0 atom stereocenters. The molecule has 0 saturated carbocycles. The molecule has 0 unspecified atom stereocenters. The summed E-state index contributed by atoms with van der Waals surface area (Å²) in [5, 5.41) is 5.21. The lowest BCUT2D eigenvalue weighted by molar-refractivity contribution is 0.646. The fraction of sp³-hybridized carbons (Fsp3) is 0.103. The molecule has 0 N–H and O–H groups in total. The van der Waals surface area contributed by atoms with Crippen LogP contribution in [0.5, 0.6) is 0 Å². The van der Waals surface area contributed by atoms with E-state index in [9.17, 15) is 0 Å². The number of rotatable bonds is 5. The number of nitrogens with zero attached hydrogens (tertiary/aromatic N) is 2. The first-order valence-corrected chi connectivity index (χ1v) is 21.2. The summed E-state index contributed by atoms with van der Waals surface area (Å²) in [4.78, 5) is 2.39. The SMILES string of the molecule is CC1(C)c2ccccc2-c2ccc(N(c3ccccc3)c3ccc(-c4ccc5c(c4)c4cc6c(cc4n5-c4ccccc4)C(C)(C)c4cccc5cccc-6c45)cc3)cc21. The zero-order valence-electron chi connectivity index (χ0n) is 34.4. The normalized spacial score (nSPS) is 14.3. The minimum atomic E-state index is -0.156. The van der Waals surface area contributed by atoms with Gasteiger partial charge in [0, 0.05) is 44.4 Å². The average Bonchev–Trinajstić information content (AvgIpc) is 3.73. The molecule has 10 aromatic rings. The van der Waals surface area contributed by atoms with Crippen LogP contribution in [-0.4, -0.2) is 4.57 Å². The predicted octanol–water partition coefficient (Wildman–Crippen LogP) is 15.7. The van der Waals surface area contributed by atoms with Gasteiger partial charge in [0.1, 0.15) is 0 Å². The number of benzene rings is 9. The Hall–Kier alpha value is -7.16. The Labute approximate surface area is 351 Å². The number of anilines is 3. The van der Waals surface area contributed by atoms with Crippen molar-refractivity contribution in [2.24, 2.45) is 0 Å². The molecule has 2 nitrogen and oxygen atoms in total. The highest BCUT2D eigenvalue weighted by Gasteiger charge is 2.36. The van der Waals surface area contributed by atoms with Gasteiger partial charge in [-0.05, 0) is 139 Å². The lowest BCUT2D eigenvalue weighted by Gasteiger charge is -2.35. The van der Waals surface area contributed by atoms with Crippen molar-refractivity contribution < 1.29 is 0 Å². The Kier molecular flexibility index (Phi) is 7.36. The highest BCUT2D eigenvalue weighted by molar-refractivity contribution is 6.14. The standard InChI is InChI=1S/C58H44N2/c1-57(2)50-23-12-11-21-44(50)45-31-30-43(34-52(45)57)59(40-17-7-5-8-18-40)42-28-25-37(26-29-42)39-27-32-54-48(33-39)49-35-47-46-22-13-15-38-16-14-24-51(56(38)46)58(3,4)53(47)36-55(49)60(54)41-19-9-6-10-20-41/h5-36H,1-4H3. The number of aromatic nitrogens is 1. The van der Waals surface area contributed by atoms with Crippen LogP contribution in [0.1, 0.15) is 49.9 Å². The van der Waals surface area contributed by atoms with Crippen molar-refractivity contribution in [1.82, 2.24) is 4.57 Å². The smallest absolute Gasteiger partial charge is 0.0544 e. The molecule has 2 aliphatic carbocycles. The maximum Gasteiger partial charge on any atom is 0.0544 e. The van der Waals surface area contributed by atoms with E-state index in [4.69, 9.17) is 0 Å². The minimum Gasteiger partial charge on any atom is -0.310 e. The van der Waals surface area contributed by atoms with E-state index >= 15 is 0 Å². The van der Waals surface area contributed by atoms with Crippen LogP contribution in [0.15, 0.2) is 194 Å². The summed E-state index contributed by atoms with van der Waals surface area (Å²) in [5.41, 5.74) is 20.1. The quantitative estimate of drug-likeness (QED) is 0.169. The van der Waals surface area contributed by atoms with E-state index in [0.717, 1.165) is 17.1 Å². The molecule has 0 saturated heterocycles. The van der Waals surface area contributed by atoms with Gasteiger partial charge in [-0.25, -0.2) is 0 Å². The van der Waals surface area contributed by atoms with Gasteiger partial charge in [-0.3, -0.25) is 0 Å². The van der Waals surface area contributed by atoms with Crippen molar-refractivity contribution in [3.05, 3.63) is 216 Å². The zero-order chi connectivity index (χ0) is 40.3. The Bertz CT molecular complexity index is 3340. The van der Waals surface area contributed by atoms with Crippen LogP contribution in [0, 0.1) is 0 Å². The van der Waals surface area contributed by atoms with Crippen molar-refractivity contribution in [1.29, 1.82) is 0 Å². The van der Waals surface area contributed by atoms with Gasteiger partial charge >= 0.3 is 0 Å². The summed E-state index contributed by atoms with van der Waals surface area (Å²) in [7, 11) is 0. The summed E-state index contributed by atoms with van der Waals surface area (Å²) in [6.07, 6.45) is 0. The van der Waals surface area contributed by atoms with Crippen LogP contribution in [0.25, 0.3) is 71.6 Å². The van der Waals surface area contributed by atoms with Gasteiger partial charge in [0.25, 0.3) is 0 Å². The molecule has 1 aromatic heterocycles. The third kappa shape index (κ3) is 4.94. The second kappa shape index (κ2) is 12.7. The molecule has 1 heterocycles. The summed E-state index contributed by atoms with van der Waals surface area (Å²) >= 11 is 0. The Morgan fingerprint density at radius 2 is 0.950 bits per heavy atom. The molecular weight excluding hydrogens is 725 g/mol. The number of fused-ring (bicyclic) bond motifs is 8. The van der Waals surface area contributed by atoms with Gasteiger partial charge in [0.2, 0.25) is 0 Å². The van der Waals surface area contributed by atoms with Gasteiger partial charge < -0.3 is 9.47 Å². The molecule has 0 amide bonds. The molecule has 0 bridgehead atoms. The van der Waals surface area contributed by atoms with Crippen LogP contribution in [-0.2, 0) is 10.8 Å². The molecule has 12 rings (SSSR count). The van der Waals surface area contributed by atoms with Gasteiger partial charge in [0.05, 0.1) is 11.0 Å². The molecule has 0 spiro atoms. The van der Waals surface area contributed by atoms with Crippen molar-refractivity contribution >= 4 is 49.6 Å². The van der Waals surface area contributed by atoms with Crippen LogP contribution < -0.4 is 4.90 Å². The lowest BCUT2D eigenvalue weighted by atomic mass is 9.68. The molecule has 60 heavy (non-hydrogen) atoms. The maximum atomic E-state index is 2.49. The molecule has 0 aliphatic heterocycles. The van der Waals surface area contributed by atoms with E-state index < -0.39 is 0 Å².